The first-order chi connectivity index (χ1) is 8.82. The molecular weight excluding hydrogens is 262 g/mol. The van der Waals surface area contributed by atoms with E-state index in [1.165, 1.54) is 0 Å². The maximum atomic E-state index is 12.0. The van der Waals surface area contributed by atoms with Gasteiger partial charge in [-0.1, -0.05) is 26.1 Å². The molecule has 0 aliphatic rings. The summed E-state index contributed by atoms with van der Waals surface area (Å²) in [6.07, 6.45) is 1.50. The van der Waals surface area contributed by atoms with Crippen LogP contribution in [0.25, 0.3) is 0 Å². The van der Waals surface area contributed by atoms with Gasteiger partial charge in [-0.25, -0.2) is 4.98 Å². The van der Waals surface area contributed by atoms with Gasteiger partial charge < -0.3 is 5.73 Å². The van der Waals surface area contributed by atoms with Crippen LogP contribution < -0.4 is 11.1 Å². The van der Waals surface area contributed by atoms with Crippen molar-refractivity contribution in [2.24, 2.45) is 11.1 Å². The average Bonchev–Trinajstić information content (AvgIpc) is 2.38. The molecule has 0 radical (unpaired) electrons. The molecule has 7 heteroatoms. The Labute approximate surface area is 118 Å². The minimum Gasteiger partial charge on any atom is -0.392 e. The molecule has 1 amide bonds. The van der Waals surface area contributed by atoms with E-state index in [1.807, 2.05) is 13.8 Å². The zero-order valence-corrected chi connectivity index (χ0v) is 12.5. The molecule has 1 aromatic heterocycles. The Kier molecular flexibility index (Phi) is 4.88. The molecule has 0 saturated carbocycles. The minimum atomic E-state index is -0.950. The van der Waals surface area contributed by atoms with E-state index in [9.17, 15) is 4.79 Å². The lowest BCUT2D eigenvalue weighted by molar-refractivity contribution is -0.121. The minimum absolute atomic E-state index is 0.124. The van der Waals surface area contributed by atoms with Crippen LogP contribution in [0.2, 0.25) is 0 Å². The number of hydrogen-bond acceptors (Lipinski definition) is 5. The highest BCUT2D eigenvalue weighted by molar-refractivity contribution is 7.80. The van der Waals surface area contributed by atoms with Gasteiger partial charge in [0.2, 0.25) is 11.9 Å². The largest absolute Gasteiger partial charge is 0.392 e. The fourth-order valence-electron chi connectivity index (χ4n) is 1.36. The fraction of sp³-hybridized carbons (Fsp3) is 0.583. The van der Waals surface area contributed by atoms with Gasteiger partial charge in [-0.2, -0.15) is 0 Å². The summed E-state index contributed by atoms with van der Waals surface area (Å²) in [5.41, 5.74) is 6.27. The molecule has 0 spiro atoms. The Morgan fingerprint density at radius 1 is 1.26 bits per heavy atom. The van der Waals surface area contributed by atoms with Crippen molar-refractivity contribution in [2.45, 2.75) is 40.5 Å². The number of aromatic nitrogens is 3. The van der Waals surface area contributed by atoms with E-state index in [2.05, 4.69) is 20.5 Å². The van der Waals surface area contributed by atoms with Crippen LogP contribution in [0.1, 0.15) is 39.1 Å². The SMILES string of the molecule is CCc1nnc(NC(=O)C(C)(C)C(N)=S)nc1CC. The first kappa shape index (κ1) is 15.4. The number of nitrogens with zero attached hydrogens (tertiary/aromatic N) is 3. The summed E-state index contributed by atoms with van der Waals surface area (Å²) in [6, 6.07) is 0. The molecule has 6 nitrogen and oxygen atoms in total. The Morgan fingerprint density at radius 2 is 1.84 bits per heavy atom. The molecule has 0 aliphatic heterocycles. The second kappa shape index (κ2) is 6.01. The van der Waals surface area contributed by atoms with Crippen LogP contribution in [0.15, 0.2) is 0 Å². The smallest absolute Gasteiger partial charge is 0.249 e. The monoisotopic (exact) mass is 281 g/mol. The van der Waals surface area contributed by atoms with Crippen molar-refractivity contribution in [3.05, 3.63) is 11.4 Å². The summed E-state index contributed by atoms with van der Waals surface area (Å²) in [5.74, 6) is -0.156. The molecule has 0 aromatic carbocycles. The van der Waals surface area contributed by atoms with E-state index in [0.29, 0.717) is 0 Å². The first-order valence-electron chi connectivity index (χ1n) is 6.16. The lowest BCUT2D eigenvalue weighted by Gasteiger charge is -2.21. The van der Waals surface area contributed by atoms with Crippen LogP contribution in [-0.2, 0) is 17.6 Å². The summed E-state index contributed by atoms with van der Waals surface area (Å²) in [4.78, 5) is 16.5. The molecule has 19 heavy (non-hydrogen) atoms. The van der Waals surface area contributed by atoms with Crippen molar-refractivity contribution in [1.82, 2.24) is 15.2 Å². The summed E-state index contributed by atoms with van der Waals surface area (Å²) in [5, 5.41) is 10.5. The second-order valence-electron chi connectivity index (χ2n) is 4.68. The highest BCUT2D eigenvalue weighted by Gasteiger charge is 2.31. The van der Waals surface area contributed by atoms with E-state index >= 15 is 0 Å². The molecule has 1 aromatic rings. The van der Waals surface area contributed by atoms with Gasteiger partial charge in [0, 0.05) is 0 Å². The highest BCUT2D eigenvalue weighted by atomic mass is 32.1. The summed E-state index contributed by atoms with van der Waals surface area (Å²) in [6.45, 7) is 7.27. The molecule has 0 bridgehead atoms. The lowest BCUT2D eigenvalue weighted by Crippen LogP contribution is -2.41. The highest BCUT2D eigenvalue weighted by Crippen LogP contribution is 2.17. The van der Waals surface area contributed by atoms with Crippen molar-refractivity contribution >= 4 is 29.1 Å². The number of rotatable bonds is 5. The number of hydrogen-bond donors (Lipinski definition) is 2. The standard InChI is InChI=1S/C12H19N5OS/c1-5-7-8(6-2)16-17-11(14-7)15-10(18)12(3,4)9(13)19/h5-6H2,1-4H3,(H2,13,19)(H,14,15,17,18). The number of thiocarbonyl (C=S) groups is 1. The van der Waals surface area contributed by atoms with Crippen LogP contribution >= 0.6 is 12.2 Å². The first-order valence-corrected chi connectivity index (χ1v) is 6.57. The Bertz CT molecular complexity index is 501. The normalized spacial score (nSPS) is 11.2. The zero-order valence-electron chi connectivity index (χ0n) is 11.6. The van der Waals surface area contributed by atoms with Crippen LogP contribution in [0.5, 0.6) is 0 Å². The summed E-state index contributed by atoms with van der Waals surface area (Å²) >= 11 is 4.87. The molecular formula is C12H19N5OS. The van der Waals surface area contributed by atoms with Gasteiger partial charge in [-0.3, -0.25) is 10.1 Å². The van der Waals surface area contributed by atoms with Crippen LogP contribution in [0.3, 0.4) is 0 Å². The van der Waals surface area contributed by atoms with Crippen LogP contribution in [-0.4, -0.2) is 26.1 Å². The van der Waals surface area contributed by atoms with Gasteiger partial charge in [0.1, 0.15) is 0 Å². The molecule has 0 saturated heterocycles. The quantitative estimate of drug-likeness (QED) is 0.789. The van der Waals surface area contributed by atoms with Crippen molar-refractivity contribution in [3.8, 4) is 0 Å². The number of carbonyl (C=O) groups is 1. The summed E-state index contributed by atoms with van der Waals surface area (Å²) < 4.78 is 0. The van der Waals surface area contributed by atoms with Crippen LogP contribution in [0.4, 0.5) is 5.95 Å². The van der Waals surface area contributed by atoms with Crippen molar-refractivity contribution < 1.29 is 4.79 Å². The Morgan fingerprint density at radius 3 is 2.32 bits per heavy atom. The number of nitrogens with two attached hydrogens (primary N) is 1. The number of aryl methyl sites for hydroxylation is 2. The van der Waals surface area contributed by atoms with Gasteiger partial charge in [-0.15, -0.1) is 10.2 Å². The molecule has 0 fully saturated rings. The molecule has 1 heterocycles. The van der Waals surface area contributed by atoms with E-state index in [-0.39, 0.29) is 16.8 Å². The third-order valence-electron chi connectivity index (χ3n) is 2.92. The van der Waals surface area contributed by atoms with Crippen LogP contribution in [0, 0.1) is 5.41 Å². The van der Waals surface area contributed by atoms with Gasteiger partial charge in [0.25, 0.3) is 0 Å². The molecule has 104 valence electrons. The maximum Gasteiger partial charge on any atom is 0.249 e. The average molecular weight is 281 g/mol. The molecule has 1 rings (SSSR count). The van der Waals surface area contributed by atoms with Gasteiger partial charge in [-0.05, 0) is 26.7 Å². The molecule has 3 N–H and O–H groups in total. The third kappa shape index (κ3) is 3.44. The predicted molar refractivity (Wildman–Crippen MR) is 77.8 cm³/mol. The number of anilines is 1. The Balaban J connectivity index is 2.95. The maximum absolute atomic E-state index is 12.0. The van der Waals surface area contributed by atoms with Gasteiger partial charge in [0.05, 0.1) is 21.8 Å². The van der Waals surface area contributed by atoms with Crippen molar-refractivity contribution in [2.75, 3.05) is 5.32 Å². The molecule has 0 aliphatic carbocycles. The van der Waals surface area contributed by atoms with Crippen molar-refractivity contribution in [3.63, 3.8) is 0 Å². The molecule has 0 unspecified atom stereocenters. The van der Waals surface area contributed by atoms with E-state index in [1.54, 1.807) is 13.8 Å². The van der Waals surface area contributed by atoms with E-state index in [4.69, 9.17) is 18.0 Å². The van der Waals surface area contributed by atoms with Gasteiger partial charge in [0.15, 0.2) is 0 Å². The van der Waals surface area contributed by atoms with E-state index < -0.39 is 5.41 Å². The lowest BCUT2D eigenvalue weighted by atomic mass is 9.92. The number of nitrogens with one attached hydrogen (secondary N) is 1. The van der Waals surface area contributed by atoms with E-state index in [0.717, 1.165) is 24.2 Å². The number of amides is 1. The third-order valence-corrected chi connectivity index (χ3v) is 3.43. The fourth-order valence-corrected chi connectivity index (χ4v) is 1.45. The van der Waals surface area contributed by atoms with Gasteiger partial charge >= 0.3 is 0 Å². The summed E-state index contributed by atoms with van der Waals surface area (Å²) in [7, 11) is 0. The second-order valence-corrected chi connectivity index (χ2v) is 5.12. The predicted octanol–water partition coefficient (Wildman–Crippen LogP) is 1.25. The molecule has 0 atom stereocenters. The Hall–Kier alpha value is -1.63. The topological polar surface area (TPSA) is 93.8 Å². The van der Waals surface area contributed by atoms with Crippen molar-refractivity contribution in [1.29, 1.82) is 0 Å². The zero-order chi connectivity index (χ0) is 14.6. The number of carbonyl (C=O) groups excluding carboxylic acids is 1.